The van der Waals surface area contributed by atoms with Crippen molar-refractivity contribution in [2.75, 3.05) is 7.11 Å². The number of carbonyl (C=O) groups is 1. The third-order valence-corrected chi connectivity index (χ3v) is 3.36. The van der Waals surface area contributed by atoms with E-state index in [0.29, 0.717) is 5.75 Å². The Kier molecular flexibility index (Phi) is 4.41. The molecule has 0 aliphatic heterocycles. The molecule has 0 atom stereocenters. The molecule has 0 bridgehead atoms. The number of aryl methyl sites for hydroxylation is 1. The van der Waals surface area contributed by atoms with Gasteiger partial charge in [0.05, 0.1) is 12.7 Å². The number of benzene rings is 2. The molecule has 0 amide bonds. The standard InChI is InChI=1S/C17H18O3/c1-3-12-4-6-13(7-5-12)10-14-8-9-15(17(18)19)11-16(14)20-2/h4-9,11H,3,10H2,1-2H3,(H,18,19). The molecule has 0 aromatic heterocycles. The Morgan fingerprint density at radius 2 is 1.75 bits per heavy atom. The van der Waals surface area contributed by atoms with Crippen LogP contribution in [-0.2, 0) is 12.8 Å². The fourth-order valence-electron chi connectivity index (χ4n) is 2.14. The van der Waals surface area contributed by atoms with E-state index in [9.17, 15) is 4.79 Å². The molecule has 0 aliphatic rings. The number of carboxylic acid groups (broad SMARTS) is 1. The summed E-state index contributed by atoms with van der Waals surface area (Å²) in [5.74, 6) is -0.327. The summed E-state index contributed by atoms with van der Waals surface area (Å²) < 4.78 is 5.29. The fourth-order valence-corrected chi connectivity index (χ4v) is 2.14. The van der Waals surface area contributed by atoms with Gasteiger partial charge in [0.15, 0.2) is 0 Å². The number of aromatic carboxylic acids is 1. The van der Waals surface area contributed by atoms with Crippen molar-refractivity contribution in [2.45, 2.75) is 19.8 Å². The summed E-state index contributed by atoms with van der Waals surface area (Å²) in [5.41, 5.74) is 3.72. The second kappa shape index (κ2) is 6.24. The minimum Gasteiger partial charge on any atom is -0.496 e. The lowest BCUT2D eigenvalue weighted by molar-refractivity contribution is 0.0696. The van der Waals surface area contributed by atoms with Gasteiger partial charge in [-0.1, -0.05) is 37.3 Å². The van der Waals surface area contributed by atoms with Crippen molar-refractivity contribution >= 4 is 5.97 Å². The van der Waals surface area contributed by atoms with Crippen LogP contribution in [0.3, 0.4) is 0 Å². The Bertz CT molecular complexity index is 600. The van der Waals surface area contributed by atoms with Crippen LogP contribution in [0.1, 0.15) is 34.0 Å². The lowest BCUT2D eigenvalue weighted by Gasteiger charge is -2.10. The molecule has 2 aromatic rings. The van der Waals surface area contributed by atoms with E-state index in [2.05, 4.69) is 31.2 Å². The Balaban J connectivity index is 2.25. The zero-order chi connectivity index (χ0) is 14.5. The Hall–Kier alpha value is -2.29. The molecule has 2 rings (SSSR count). The van der Waals surface area contributed by atoms with Gasteiger partial charge in [0.2, 0.25) is 0 Å². The zero-order valence-electron chi connectivity index (χ0n) is 11.7. The predicted molar refractivity (Wildman–Crippen MR) is 78.6 cm³/mol. The topological polar surface area (TPSA) is 46.5 Å². The van der Waals surface area contributed by atoms with Crippen molar-refractivity contribution < 1.29 is 14.6 Å². The van der Waals surface area contributed by atoms with E-state index in [1.807, 2.05) is 6.07 Å². The molecule has 3 nitrogen and oxygen atoms in total. The van der Waals surface area contributed by atoms with Crippen LogP contribution in [0.25, 0.3) is 0 Å². The summed E-state index contributed by atoms with van der Waals surface area (Å²) in [4.78, 5) is 11.0. The second-order valence-electron chi connectivity index (χ2n) is 4.68. The number of hydrogen-bond acceptors (Lipinski definition) is 2. The highest BCUT2D eigenvalue weighted by Crippen LogP contribution is 2.23. The van der Waals surface area contributed by atoms with Gasteiger partial charge < -0.3 is 9.84 Å². The lowest BCUT2D eigenvalue weighted by atomic mass is 10.0. The summed E-state index contributed by atoms with van der Waals surface area (Å²) in [6.07, 6.45) is 1.75. The van der Waals surface area contributed by atoms with Crippen LogP contribution in [0.5, 0.6) is 5.75 Å². The third kappa shape index (κ3) is 3.18. The summed E-state index contributed by atoms with van der Waals surface area (Å²) in [7, 11) is 1.56. The van der Waals surface area contributed by atoms with E-state index in [1.165, 1.54) is 11.1 Å². The van der Waals surface area contributed by atoms with Gasteiger partial charge in [-0.25, -0.2) is 4.79 Å². The summed E-state index contributed by atoms with van der Waals surface area (Å²) >= 11 is 0. The Morgan fingerprint density at radius 3 is 2.30 bits per heavy atom. The number of carboxylic acids is 1. The molecule has 20 heavy (non-hydrogen) atoms. The van der Waals surface area contributed by atoms with Crippen LogP contribution in [0.4, 0.5) is 0 Å². The van der Waals surface area contributed by atoms with Crippen molar-refractivity contribution in [2.24, 2.45) is 0 Å². The molecule has 0 aliphatic carbocycles. The third-order valence-electron chi connectivity index (χ3n) is 3.36. The maximum absolute atomic E-state index is 11.0. The van der Waals surface area contributed by atoms with Crippen LogP contribution >= 0.6 is 0 Å². The van der Waals surface area contributed by atoms with Crippen LogP contribution in [0.2, 0.25) is 0 Å². The molecule has 104 valence electrons. The van der Waals surface area contributed by atoms with E-state index in [-0.39, 0.29) is 5.56 Å². The van der Waals surface area contributed by atoms with Gasteiger partial charge in [0.1, 0.15) is 5.75 Å². The first-order valence-electron chi connectivity index (χ1n) is 6.62. The van der Waals surface area contributed by atoms with Crippen LogP contribution in [-0.4, -0.2) is 18.2 Å². The lowest BCUT2D eigenvalue weighted by Crippen LogP contribution is -2.00. The van der Waals surface area contributed by atoms with E-state index in [1.54, 1.807) is 19.2 Å². The molecule has 3 heteroatoms. The molecule has 0 unspecified atom stereocenters. The molecule has 2 aromatic carbocycles. The summed E-state index contributed by atoms with van der Waals surface area (Å²) in [5, 5.41) is 8.99. The van der Waals surface area contributed by atoms with Gasteiger partial charge in [-0.3, -0.25) is 0 Å². The normalized spacial score (nSPS) is 10.3. The van der Waals surface area contributed by atoms with E-state index >= 15 is 0 Å². The first-order valence-corrected chi connectivity index (χ1v) is 6.62. The van der Waals surface area contributed by atoms with Gasteiger partial charge >= 0.3 is 5.97 Å². The predicted octanol–water partition coefficient (Wildman–Crippen LogP) is 3.55. The fraction of sp³-hybridized carbons (Fsp3) is 0.235. The Morgan fingerprint density at radius 1 is 1.10 bits per heavy atom. The van der Waals surface area contributed by atoms with Crippen molar-refractivity contribution in [3.63, 3.8) is 0 Å². The SMILES string of the molecule is CCc1ccc(Cc2ccc(C(=O)O)cc2OC)cc1. The van der Waals surface area contributed by atoms with E-state index < -0.39 is 5.97 Å². The van der Waals surface area contributed by atoms with E-state index in [0.717, 1.165) is 18.4 Å². The minimum atomic E-state index is -0.942. The number of methoxy groups -OCH3 is 1. The van der Waals surface area contributed by atoms with Gasteiger partial charge in [0, 0.05) is 6.42 Å². The quantitative estimate of drug-likeness (QED) is 0.903. The zero-order valence-corrected chi connectivity index (χ0v) is 11.7. The van der Waals surface area contributed by atoms with Crippen LogP contribution < -0.4 is 4.74 Å². The number of hydrogen-bond donors (Lipinski definition) is 1. The van der Waals surface area contributed by atoms with Gasteiger partial charge in [-0.2, -0.15) is 0 Å². The van der Waals surface area contributed by atoms with Crippen molar-refractivity contribution in [1.29, 1.82) is 0 Å². The highest BCUT2D eigenvalue weighted by Gasteiger charge is 2.09. The number of rotatable bonds is 5. The molecule has 0 saturated heterocycles. The first-order chi connectivity index (χ1) is 9.63. The molecular weight excluding hydrogens is 252 g/mol. The summed E-state index contributed by atoms with van der Waals surface area (Å²) in [6.45, 7) is 2.13. The van der Waals surface area contributed by atoms with Crippen molar-refractivity contribution in [1.82, 2.24) is 0 Å². The monoisotopic (exact) mass is 270 g/mol. The van der Waals surface area contributed by atoms with Crippen LogP contribution in [0, 0.1) is 0 Å². The second-order valence-corrected chi connectivity index (χ2v) is 4.68. The van der Waals surface area contributed by atoms with Crippen molar-refractivity contribution in [3.8, 4) is 5.75 Å². The maximum atomic E-state index is 11.0. The molecule has 0 fully saturated rings. The highest BCUT2D eigenvalue weighted by molar-refractivity contribution is 5.88. The maximum Gasteiger partial charge on any atom is 0.335 e. The van der Waals surface area contributed by atoms with E-state index in [4.69, 9.17) is 9.84 Å². The first kappa shape index (κ1) is 14.1. The average molecular weight is 270 g/mol. The molecule has 0 radical (unpaired) electrons. The van der Waals surface area contributed by atoms with Gasteiger partial charge in [-0.05, 0) is 35.2 Å². The molecule has 0 spiro atoms. The average Bonchev–Trinajstić information content (AvgIpc) is 2.48. The highest BCUT2D eigenvalue weighted by atomic mass is 16.5. The van der Waals surface area contributed by atoms with Gasteiger partial charge in [-0.15, -0.1) is 0 Å². The molecule has 0 saturated carbocycles. The summed E-state index contributed by atoms with van der Waals surface area (Å²) in [6, 6.07) is 13.4. The molecule has 1 N–H and O–H groups in total. The molecule has 0 heterocycles. The Labute approximate surface area is 118 Å². The van der Waals surface area contributed by atoms with Crippen LogP contribution in [0.15, 0.2) is 42.5 Å². The minimum absolute atomic E-state index is 0.243. The van der Waals surface area contributed by atoms with Gasteiger partial charge in [0.25, 0.3) is 0 Å². The smallest absolute Gasteiger partial charge is 0.335 e. The van der Waals surface area contributed by atoms with Crippen molar-refractivity contribution in [3.05, 3.63) is 64.7 Å². The number of ether oxygens (including phenoxy) is 1. The molecular formula is C17H18O3. The largest absolute Gasteiger partial charge is 0.496 e.